The summed E-state index contributed by atoms with van der Waals surface area (Å²) in [5.41, 5.74) is 6.67. The molecule has 17 heavy (non-hydrogen) atoms. The Morgan fingerprint density at radius 1 is 1.18 bits per heavy atom. The molecule has 4 heteroatoms. The average molecular weight is 229 g/mol. The number of pyridine rings is 1. The van der Waals surface area contributed by atoms with Gasteiger partial charge in [-0.2, -0.15) is 0 Å². The summed E-state index contributed by atoms with van der Waals surface area (Å²) in [6, 6.07) is 13.4. The van der Waals surface area contributed by atoms with Crippen molar-refractivity contribution in [1.29, 1.82) is 0 Å². The first kappa shape index (κ1) is 11.3. The summed E-state index contributed by atoms with van der Waals surface area (Å²) in [4.78, 5) is 6.23. The van der Waals surface area contributed by atoms with Gasteiger partial charge in [0, 0.05) is 18.8 Å². The van der Waals surface area contributed by atoms with Crippen LogP contribution in [-0.4, -0.2) is 19.1 Å². The van der Waals surface area contributed by atoms with E-state index in [9.17, 15) is 0 Å². The van der Waals surface area contributed by atoms with Crippen LogP contribution in [0.5, 0.6) is 5.75 Å². The van der Waals surface area contributed by atoms with E-state index in [2.05, 4.69) is 4.98 Å². The van der Waals surface area contributed by atoms with Crippen LogP contribution in [0.15, 0.2) is 42.5 Å². The number of benzene rings is 1. The van der Waals surface area contributed by atoms with Crippen LogP contribution < -0.4 is 15.4 Å². The Morgan fingerprint density at radius 2 is 1.94 bits per heavy atom. The first-order valence-electron chi connectivity index (χ1n) is 5.31. The standard InChI is InChI=1S/C13H15N3O/c1-16(13-8-4-7-12(14)15-13)10-5-3-6-11(9-10)17-2/h3-9H,1-2H3,(H2,14,15). The van der Waals surface area contributed by atoms with Gasteiger partial charge in [0.05, 0.1) is 7.11 Å². The summed E-state index contributed by atoms with van der Waals surface area (Å²) in [7, 11) is 3.59. The number of nitrogen functional groups attached to an aromatic ring is 1. The summed E-state index contributed by atoms with van der Waals surface area (Å²) < 4.78 is 5.19. The molecule has 2 rings (SSSR count). The minimum absolute atomic E-state index is 0.511. The second kappa shape index (κ2) is 4.74. The minimum atomic E-state index is 0.511. The third-order valence-corrected chi connectivity index (χ3v) is 2.54. The third kappa shape index (κ3) is 2.47. The predicted molar refractivity (Wildman–Crippen MR) is 69.7 cm³/mol. The van der Waals surface area contributed by atoms with Crippen LogP contribution >= 0.6 is 0 Å². The topological polar surface area (TPSA) is 51.4 Å². The summed E-state index contributed by atoms with van der Waals surface area (Å²) >= 11 is 0. The first-order valence-corrected chi connectivity index (χ1v) is 5.31. The number of rotatable bonds is 3. The van der Waals surface area contributed by atoms with Gasteiger partial charge in [0.15, 0.2) is 0 Å². The molecule has 1 aromatic carbocycles. The zero-order valence-electron chi connectivity index (χ0n) is 9.92. The van der Waals surface area contributed by atoms with Gasteiger partial charge in [0.2, 0.25) is 0 Å². The van der Waals surface area contributed by atoms with Crippen LogP contribution in [0.3, 0.4) is 0 Å². The summed E-state index contributed by atoms with van der Waals surface area (Å²) in [6.07, 6.45) is 0. The fourth-order valence-corrected chi connectivity index (χ4v) is 1.58. The van der Waals surface area contributed by atoms with Gasteiger partial charge >= 0.3 is 0 Å². The monoisotopic (exact) mass is 229 g/mol. The van der Waals surface area contributed by atoms with Crippen LogP contribution in [0, 0.1) is 0 Å². The normalized spacial score (nSPS) is 10.0. The van der Waals surface area contributed by atoms with Crippen molar-refractivity contribution in [2.75, 3.05) is 24.8 Å². The van der Waals surface area contributed by atoms with E-state index in [1.54, 1.807) is 13.2 Å². The lowest BCUT2D eigenvalue weighted by molar-refractivity contribution is 0.415. The Bertz CT molecular complexity index is 514. The number of nitrogens with zero attached hydrogens (tertiary/aromatic N) is 2. The molecule has 4 nitrogen and oxygen atoms in total. The highest BCUT2D eigenvalue weighted by molar-refractivity contribution is 5.61. The molecular weight excluding hydrogens is 214 g/mol. The lowest BCUT2D eigenvalue weighted by atomic mass is 10.2. The molecule has 0 aliphatic carbocycles. The molecule has 2 aromatic rings. The maximum atomic E-state index is 5.67. The van der Waals surface area contributed by atoms with Crippen LogP contribution in [0.1, 0.15) is 0 Å². The third-order valence-electron chi connectivity index (χ3n) is 2.54. The van der Waals surface area contributed by atoms with Gasteiger partial charge in [-0.3, -0.25) is 0 Å². The van der Waals surface area contributed by atoms with Gasteiger partial charge in [-0.1, -0.05) is 12.1 Å². The molecule has 0 aliphatic rings. The van der Waals surface area contributed by atoms with E-state index >= 15 is 0 Å². The second-order valence-corrected chi connectivity index (χ2v) is 3.68. The Balaban J connectivity index is 2.33. The lowest BCUT2D eigenvalue weighted by Gasteiger charge is -2.19. The van der Waals surface area contributed by atoms with Gasteiger partial charge in [0.1, 0.15) is 17.4 Å². The summed E-state index contributed by atoms with van der Waals surface area (Å²) in [5, 5.41) is 0. The fourth-order valence-electron chi connectivity index (χ4n) is 1.58. The van der Waals surface area contributed by atoms with Gasteiger partial charge in [-0.25, -0.2) is 4.98 Å². The number of anilines is 3. The maximum Gasteiger partial charge on any atom is 0.135 e. The van der Waals surface area contributed by atoms with E-state index in [1.807, 2.05) is 48.3 Å². The molecule has 1 heterocycles. The zero-order chi connectivity index (χ0) is 12.3. The highest BCUT2D eigenvalue weighted by Crippen LogP contribution is 2.25. The molecule has 88 valence electrons. The largest absolute Gasteiger partial charge is 0.497 e. The number of hydrogen-bond acceptors (Lipinski definition) is 4. The van der Waals surface area contributed by atoms with Crippen LogP contribution in [-0.2, 0) is 0 Å². The number of methoxy groups -OCH3 is 1. The zero-order valence-corrected chi connectivity index (χ0v) is 9.92. The smallest absolute Gasteiger partial charge is 0.135 e. The fraction of sp³-hybridized carbons (Fsp3) is 0.154. The molecule has 0 fully saturated rings. The van der Waals surface area contributed by atoms with Gasteiger partial charge < -0.3 is 15.4 Å². The number of aromatic nitrogens is 1. The minimum Gasteiger partial charge on any atom is -0.497 e. The molecule has 0 radical (unpaired) electrons. The predicted octanol–water partition coefficient (Wildman–Crippen LogP) is 2.44. The van der Waals surface area contributed by atoms with Crippen molar-refractivity contribution >= 4 is 17.3 Å². The van der Waals surface area contributed by atoms with E-state index in [1.165, 1.54) is 0 Å². The van der Waals surface area contributed by atoms with Crippen LogP contribution in [0.25, 0.3) is 0 Å². The van der Waals surface area contributed by atoms with Crippen molar-refractivity contribution in [2.24, 2.45) is 0 Å². The Labute approximate surface area is 101 Å². The molecule has 0 unspecified atom stereocenters. The van der Waals surface area contributed by atoms with Crippen molar-refractivity contribution in [1.82, 2.24) is 4.98 Å². The molecule has 0 amide bonds. The van der Waals surface area contributed by atoms with Crippen LogP contribution in [0.4, 0.5) is 17.3 Å². The molecule has 2 N–H and O–H groups in total. The van der Waals surface area contributed by atoms with E-state index in [0.29, 0.717) is 5.82 Å². The molecule has 0 spiro atoms. The van der Waals surface area contributed by atoms with E-state index in [0.717, 1.165) is 17.3 Å². The first-order chi connectivity index (χ1) is 8.20. The van der Waals surface area contributed by atoms with Crippen molar-refractivity contribution in [3.8, 4) is 5.75 Å². The van der Waals surface area contributed by atoms with Gasteiger partial charge in [-0.05, 0) is 24.3 Å². The van der Waals surface area contributed by atoms with Crippen LogP contribution in [0.2, 0.25) is 0 Å². The molecule has 0 saturated carbocycles. The highest BCUT2D eigenvalue weighted by atomic mass is 16.5. The van der Waals surface area contributed by atoms with Gasteiger partial charge in [-0.15, -0.1) is 0 Å². The highest BCUT2D eigenvalue weighted by Gasteiger charge is 2.06. The van der Waals surface area contributed by atoms with Gasteiger partial charge in [0.25, 0.3) is 0 Å². The number of hydrogen-bond donors (Lipinski definition) is 1. The molecular formula is C13H15N3O. The van der Waals surface area contributed by atoms with E-state index in [-0.39, 0.29) is 0 Å². The lowest BCUT2D eigenvalue weighted by Crippen LogP contribution is -2.11. The SMILES string of the molecule is COc1cccc(N(C)c2cccc(N)n2)c1. The molecule has 0 bridgehead atoms. The van der Waals surface area contributed by atoms with E-state index < -0.39 is 0 Å². The average Bonchev–Trinajstić information content (AvgIpc) is 2.38. The van der Waals surface area contributed by atoms with Crippen molar-refractivity contribution in [2.45, 2.75) is 0 Å². The number of nitrogens with two attached hydrogens (primary N) is 1. The second-order valence-electron chi connectivity index (χ2n) is 3.68. The Hall–Kier alpha value is -2.23. The molecule has 0 aliphatic heterocycles. The van der Waals surface area contributed by atoms with Crippen molar-refractivity contribution in [3.63, 3.8) is 0 Å². The quantitative estimate of drug-likeness (QED) is 0.878. The molecule has 0 saturated heterocycles. The van der Waals surface area contributed by atoms with E-state index in [4.69, 9.17) is 10.5 Å². The molecule has 1 aromatic heterocycles. The number of ether oxygens (including phenoxy) is 1. The summed E-state index contributed by atoms with van der Waals surface area (Å²) in [5.74, 6) is 2.13. The Kier molecular flexibility index (Phi) is 3.14. The van der Waals surface area contributed by atoms with Crippen molar-refractivity contribution in [3.05, 3.63) is 42.5 Å². The Morgan fingerprint density at radius 3 is 2.65 bits per heavy atom. The molecule has 0 atom stereocenters. The maximum absolute atomic E-state index is 5.67. The van der Waals surface area contributed by atoms with Crippen molar-refractivity contribution < 1.29 is 4.74 Å². The summed E-state index contributed by atoms with van der Waals surface area (Å²) in [6.45, 7) is 0.